The first-order chi connectivity index (χ1) is 5.20. The number of hydrogen-bond donors (Lipinski definition) is 3. The number of aromatic amines is 1. The third-order valence-corrected chi connectivity index (χ3v) is 1.36. The van der Waals surface area contributed by atoms with Gasteiger partial charge in [-0.3, -0.25) is 4.79 Å². The van der Waals surface area contributed by atoms with Crippen molar-refractivity contribution in [3.63, 3.8) is 0 Å². The van der Waals surface area contributed by atoms with E-state index in [0.29, 0.717) is 6.42 Å². The number of imidazole rings is 1. The Morgan fingerprint density at radius 2 is 2.42 bits per heavy atom. The summed E-state index contributed by atoms with van der Waals surface area (Å²) in [5.41, 5.74) is 11.2. The average molecular weight is 188 g/mol. The summed E-state index contributed by atoms with van der Waals surface area (Å²) in [5.74, 6) is -0.500. The molecule has 0 aliphatic heterocycles. The number of nitrogens with zero attached hydrogens (tertiary/aromatic N) is 1. The van der Waals surface area contributed by atoms with Crippen molar-refractivity contribution in [2.45, 2.75) is 12.5 Å². The van der Waals surface area contributed by atoms with Crippen molar-refractivity contribution >= 4 is 19.4 Å². The van der Waals surface area contributed by atoms with Crippen LogP contribution in [0.3, 0.4) is 0 Å². The zero-order valence-corrected chi connectivity index (χ0v) is 7.45. The number of H-pyrrole nitrogens is 1. The molecule has 0 bridgehead atoms. The standard InChI is InChI=1S/C6H10N4O.H2S/c7-5(6(8)11)1-4-2-9-3-10-4;/h2-3,5H,1,7H2,(H2,8,11)(H,9,10);1H2. The maximum Gasteiger partial charge on any atom is 0.234 e. The number of carbonyl (C=O) groups excluding carboxylic acids is 1. The maximum absolute atomic E-state index is 10.5. The summed E-state index contributed by atoms with van der Waals surface area (Å²) in [6, 6.07) is -0.629. The van der Waals surface area contributed by atoms with Gasteiger partial charge in [-0.2, -0.15) is 13.5 Å². The smallest absolute Gasteiger partial charge is 0.234 e. The number of aromatic nitrogens is 2. The van der Waals surface area contributed by atoms with E-state index in [2.05, 4.69) is 9.97 Å². The molecule has 0 saturated heterocycles. The van der Waals surface area contributed by atoms with Crippen LogP contribution < -0.4 is 11.5 Å². The summed E-state index contributed by atoms with van der Waals surface area (Å²) < 4.78 is 0. The third kappa shape index (κ3) is 2.93. The van der Waals surface area contributed by atoms with Gasteiger partial charge in [0.25, 0.3) is 0 Å². The number of hydrogen-bond acceptors (Lipinski definition) is 3. The van der Waals surface area contributed by atoms with Crippen molar-refractivity contribution < 1.29 is 4.79 Å². The highest BCUT2D eigenvalue weighted by Gasteiger charge is 2.09. The van der Waals surface area contributed by atoms with Crippen molar-refractivity contribution in [2.75, 3.05) is 0 Å². The second-order valence-corrected chi connectivity index (χ2v) is 2.29. The summed E-state index contributed by atoms with van der Waals surface area (Å²) in [6.45, 7) is 0. The lowest BCUT2D eigenvalue weighted by Gasteiger charge is -2.03. The summed E-state index contributed by atoms with van der Waals surface area (Å²) in [4.78, 5) is 17.1. The maximum atomic E-state index is 10.5. The van der Waals surface area contributed by atoms with E-state index in [1.165, 1.54) is 6.33 Å². The van der Waals surface area contributed by atoms with Crippen molar-refractivity contribution in [3.8, 4) is 0 Å². The van der Waals surface area contributed by atoms with Gasteiger partial charge in [0.05, 0.1) is 12.4 Å². The van der Waals surface area contributed by atoms with Crippen LogP contribution in [0.15, 0.2) is 12.5 Å². The Labute approximate surface area is 77.0 Å². The molecule has 0 saturated carbocycles. The predicted molar refractivity (Wildman–Crippen MR) is 49.8 cm³/mol. The van der Waals surface area contributed by atoms with Crippen molar-refractivity contribution in [1.29, 1.82) is 0 Å². The number of carbonyl (C=O) groups is 1. The zero-order chi connectivity index (χ0) is 8.27. The van der Waals surface area contributed by atoms with Crippen LogP contribution in [0.2, 0.25) is 0 Å². The highest BCUT2D eigenvalue weighted by Crippen LogP contribution is 1.94. The highest BCUT2D eigenvalue weighted by molar-refractivity contribution is 7.59. The van der Waals surface area contributed by atoms with Crippen LogP contribution in [0.4, 0.5) is 0 Å². The van der Waals surface area contributed by atoms with E-state index in [4.69, 9.17) is 11.5 Å². The van der Waals surface area contributed by atoms with Gasteiger partial charge in [0.15, 0.2) is 0 Å². The van der Waals surface area contributed by atoms with Crippen LogP contribution in [0, 0.1) is 0 Å². The largest absolute Gasteiger partial charge is 0.368 e. The van der Waals surface area contributed by atoms with E-state index in [0.717, 1.165) is 5.69 Å². The van der Waals surface area contributed by atoms with E-state index in [1.807, 2.05) is 0 Å². The molecule has 0 aliphatic carbocycles. The van der Waals surface area contributed by atoms with Gasteiger partial charge in [-0.05, 0) is 0 Å². The normalized spacial score (nSPS) is 11.8. The molecule has 0 radical (unpaired) electrons. The highest BCUT2D eigenvalue weighted by atomic mass is 32.1. The Balaban J connectivity index is 0.00000121. The molecule has 0 fully saturated rings. The van der Waals surface area contributed by atoms with E-state index in [-0.39, 0.29) is 13.5 Å². The van der Waals surface area contributed by atoms with Gasteiger partial charge in [-0.25, -0.2) is 4.98 Å². The lowest BCUT2D eigenvalue weighted by Crippen LogP contribution is -2.38. The topological polar surface area (TPSA) is 97.8 Å². The van der Waals surface area contributed by atoms with Crippen LogP contribution in [-0.2, 0) is 11.2 Å². The lowest BCUT2D eigenvalue weighted by molar-refractivity contribution is -0.119. The zero-order valence-electron chi connectivity index (χ0n) is 6.45. The molecule has 6 heteroatoms. The average Bonchev–Trinajstić information content (AvgIpc) is 2.39. The van der Waals surface area contributed by atoms with Gasteiger partial charge in [0.2, 0.25) is 5.91 Å². The molecule has 5 N–H and O–H groups in total. The Kier molecular flexibility index (Phi) is 4.38. The lowest BCUT2D eigenvalue weighted by atomic mass is 10.2. The monoisotopic (exact) mass is 188 g/mol. The molecule has 1 rings (SSSR count). The third-order valence-electron chi connectivity index (χ3n) is 1.36. The van der Waals surface area contributed by atoms with Gasteiger partial charge in [0, 0.05) is 18.3 Å². The van der Waals surface area contributed by atoms with Crippen LogP contribution >= 0.6 is 13.5 Å². The molecule has 12 heavy (non-hydrogen) atoms. The minimum absolute atomic E-state index is 0. The predicted octanol–water partition coefficient (Wildman–Crippen LogP) is -1.12. The number of primary amides is 1. The van der Waals surface area contributed by atoms with Crippen LogP contribution in [0.25, 0.3) is 0 Å². The number of amides is 1. The fourth-order valence-electron chi connectivity index (χ4n) is 0.734. The number of rotatable bonds is 3. The molecule has 1 aromatic rings. The Bertz CT molecular complexity index is 236. The minimum Gasteiger partial charge on any atom is -0.368 e. The Morgan fingerprint density at radius 1 is 1.75 bits per heavy atom. The van der Waals surface area contributed by atoms with Crippen molar-refractivity contribution in [2.24, 2.45) is 11.5 Å². The molecule has 1 heterocycles. The van der Waals surface area contributed by atoms with Crippen molar-refractivity contribution in [1.82, 2.24) is 9.97 Å². The van der Waals surface area contributed by atoms with Crippen LogP contribution in [-0.4, -0.2) is 21.9 Å². The fraction of sp³-hybridized carbons (Fsp3) is 0.333. The molecular weight excluding hydrogens is 176 g/mol. The second-order valence-electron chi connectivity index (χ2n) is 2.29. The van der Waals surface area contributed by atoms with Crippen LogP contribution in [0.1, 0.15) is 5.69 Å². The summed E-state index contributed by atoms with van der Waals surface area (Å²) in [5, 5.41) is 0. The SMILES string of the molecule is NC(=O)C(N)Cc1cnc[nH]1.S. The minimum atomic E-state index is -0.629. The van der Waals surface area contributed by atoms with Crippen molar-refractivity contribution in [3.05, 3.63) is 18.2 Å². The molecule has 1 atom stereocenters. The van der Waals surface area contributed by atoms with Gasteiger partial charge in [-0.1, -0.05) is 0 Å². The molecule has 68 valence electrons. The van der Waals surface area contributed by atoms with Gasteiger partial charge in [-0.15, -0.1) is 0 Å². The summed E-state index contributed by atoms with van der Waals surface area (Å²) >= 11 is 0. The van der Waals surface area contributed by atoms with E-state index < -0.39 is 11.9 Å². The Morgan fingerprint density at radius 3 is 2.83 bits per heavy atom. The van der Waals surface area contributed by atoms with Gasteiger partial charge in [0.1, 0.15) is 0 Å². The molecule has 0 aromatic carbocycles. The second kappa shape index (κ2) is 4.78. The van der Waals surface area contributed by atoms with Crippen LogP contribution in [0.5, 0.6) is 0 Å². The van der Waals surface area contributed by atoms with E-state index in [1.54, 1.807) is 6.20 Å². The first kappa shape index (κ1) is 11.0. The van der Waals surface area contributed by atoms with E-state index >= 15 is 0 Å². The molecule has 5 nitrogen and oxygen atoms in total. The molecule has 0 spiro atoms. The fourth-order valence-corrected chi connectivity index (χ4v) is 0.734. The quantitative estimate of drug-likeness (QED) is 0.560. The van der Waals surface area contributed by atoms with Gasteiger partial charge >= 0.3 is 0 Å². The van der Waals surface area contributed by atoms with Gasteiger partial charge < -0.3 is 16.5 Å². The molecule has 1 amide bonds. The molecule has 1 aromatic heterocycles. The van der Waals surface area contributed by atoms with E-state index in [9.17, 15) is 4.79 Å². The number of nitrogens with one attached hydrogen (secondary N) is 1. The molecular formula is C6H12N4OS. The molecule has 0 aliphatic rings. The number of nitrogens with two attached hydrogens (primary N) is 2. The summed E-state index contributed by atoms with van der Waals surface area (Å²) in [7, 11) is 0. The Hall–Kier alpha value is -1.01. The summed E-state index contributed by atoms with van der Waals surface area (Å²) in [6.07, 6.45) is 3.56. The first-order valence-corrected chi connectivity index (χ1v) is 3.22. The first-order valence-electron chi connectivity index (χ1n) is 3.22. The molecule has 1 unspecified atom stereocenters.